The molecule has 1 unspecified atom stereocenters. The zero-order valence-electron chi connectivity index (χ0n) is 14.8. The lowest BCUT2D eigenvalue weighted by Gasteiger charge is -2.18. The molecule has 2 N–H and O–H groups in total. The molecule has 1 aromatic carbocycles. The monoisotopic (exact) mass is 462 g/mol. The maximum Gasteiger partial charge on any atom is 0.422 e. The van der Waals surface area contributed by atoms with E-state index in [-0.39, 0.29) is 21.2 Å². The van der Waals surface area contributed by atoms with Crippen molar-refractivity contribution in [2.75, 3.05) is 11.9 Å². The van der Waals surface area contributed by atoms with Gasteiger partial charge < -0.3 is 10.1 Å². The number of aromatic nitrogens is 3. The number of hydrogen-bond donors (Lipinski definition) is 2. The number of alkyl halides is 3. The van der Waals surface area contributed by atoms with E-state index < -0.39 is 24.7 Å². The van der Waals surface area contributed by atoms with Crippen molar-refractivity contribution in [1.29, 1.82) is 0 Å². The molecule has 0 fully saturated rings. The van der Waals surface area contributed by atoms with Gasteiger partial charge in [0, 0.05) is 5.02 Å². The molecule has 2 aromatic heterocycles. The number of carbonyl (C=O) groups is 1. The van der Waals surface area contributed by atoms with Gasteiger partial charge in [0.25, 0.3) is 0 Å². The number of ether oxygens (including phenoxy) is 1. The van der Waals surface area contributed by atoms with Crippen molar-refractivity contribution in [1.82, 2.24) is 14.8 Å². The lowest BCUT2D eigenvalue weighted by molar-refractivity contribution is -0.153. The molecule has 3 aromatic rings. The van der Waals surface area contributed by atoms with Crippen LogP contribution in [0.4, 0.5) is 18.9 Å². The van der Waals surface area contributed by atoms with Crippen LogP contribution in [0.1, 0.15) is 13.0 Å². The van der Waals surface area contributed by atoms with Crippen LogP contribution in [0.2, 0.25) is 5.02 Å². The van der Waals surface area contributed by atoms with Gasteiger partial charge in [-0.15, -0.1) is 11.3 Å². The van der Waals surface area contributed by atoms with Gasteiger partial charge >= 0.3 is 6.18 Å². The molecule has 6 nitrogen and oxygen atoms in total. The number of anilines is 1. The van der Waals surface area contributed by atoms with Crippen molar-refractivity contribution < 1.29 is 22.7 Å². The second-order valence-corrected chi connectivity index (χ2v) is 7.68. The maximum atomic E-state index is 12.8. The Bertz CT molecular complexity index is 1060. The highest BCUT2D eigenvalue weighted by Gasteiger charge is 2.29. The van der Waals surface area contributed by atoms with E-state index in [0.29, 0.717) is 5.82 Å². The van der Waals surface area contributed by atoms with Gasteiger partial charge in [-0.05, 0) is 48.8 Å². The summed E-state index contributed by atoms with van der Waals surface area (Å²) < 4.78 is 44.0. The number of nitrogens with zero attached hydrogens (tertiary/aromatic N) is 2. The fourth-order valence-corrected chi connectivity index (χ4v) is 3.66. The molecule has 0 radical (unpaired) electrons. The summed E-state index contributed by atoms with van der Waals surface area (Å²) in [7, 11) is 0. The normalized spacial score (nSPS) is 12.6. The highest BCUT2D eigenvalue weighted by atomic mass is 35.5. The summed E-state index contributed by atoms with van der Waals surface area (Å²) in [5, 5.41) is 11.5. The first-order chi connectivity index (χ1) is 13.7. The van der Waals surface area contributed by atoms with E-state index in [0.717, 1.165) is 4.88 Å². The molecular formula is C17H14ClF3N4O2S2. The topological polar surface area (TPSA) is 71.9 Å². The summed E-state index contributed by atoms with van der Waals surface area (Å²) in [6.07, 6.45) is -4.52. The Kier molecular flexibility index (Phi) is 6.30. The molecular weight excluding hydrogens is 449 g/mol. The molecule has 0 aliphatic carbocycles. The molecule has 154 valence electrons. The highest BCUT2D eigenvalue weighted by Crippen LogP contribution is 2.31. The van der Waals surface area contributed by atoms with Crippen molar-refractivity contribution in [3.05, 3.63) is 45.5 Å². The number of amides is 1. The Morgan fingerprint density at radius 1 is 1.45 bits per heavy atom. The summed E-state index contributed by atoms with van der Waals surface area (Å²) in [5.41, 5.74) is 0.0197. The molecule has 0 aliphatic rings. The third-order valence-corrected chi connectivity index (χ3v) is 5.19. The van der Waals surface area contributed by atoms with Crippen LogP contribution in [0.3, 0.4) is 0 Å². The fraction of sp³-hybridized carbons (Fsp3) is 0.235. The van der Waals surface area contributed by atoms with Gasteiger partial charge in [-0.2, -0.15) is 18.3 Å². The second-order valence-electron chi connectivity index (χ2n) is 5.91. The first kappa shape index (κ1) is 21.3. The SMILES string of the molecule is CC(C(=O)Nc1cc(Cl)ccc1OCC(F)(F)F)n1c(-c2cccs2)n[nH]c1=S. The molecule has 0 saturated carbocycles. The summed E-state index contributed by atoms with van der Waals surface area (Å²) in [4.78, 5) is 13.6. The number of thiophene rings is 1. The van der Waals surface area contributed by atoms with E-state index in [9.17, 15) is 18.0 Å². The quantitative estimate of drug-likeness (QED) is 0.477. The van der Waals surface area contributed by atoms with Gasteiger partial charge in [0.05, 0.1) is 10.6 Å². The Morgan fingerprint density at radius 2 is 2.21 bits per heavy atom. The van der Waals surface area contributed by atoms with E-state index in [1.54, 1.807) is 6.92 Å². The van der Waals surface area contributed by atoms with Crippen molar-refractivity contribution >= 4 is 46.8 Å². The largest absolute Gasteiger partial charge is 0.482 e. The van der Waals surface area contributed by atoms with E-state index in [4.69, 9.17) is 28.6 Å². The average Bonchev–Trinajstić information content (AvgIpc) is 3.29. The summed E-state index contributed by atoms with van der Waals surface area (Å²) >= 11 is 12.6. The van der Waals surface area contributed by atoms with Crippen molar-refractivity contribution in [2.45, 2.75) is 19.1 Å². The molecule has 0 saturated heterocycles. The molecule has 0 bridgehead atoms. The number of H-pyrrole nitrogens is 1. The summed E-state index contributed by atoms with van der Waals surface area (Å²) in [5.74, 6) is -0.201. The minimum atomic E-state index is -4.52. The number of aromatic amines is 1. The summed E-state index contributed by atoms with van der Waals surface area (Å²) in [6.45, 7) is 0.0981. The average molecular weight is 463 g/mol. The lowest BCUT2D eigenvalue weighted by Crippen LogP contribution is -2.25. The number of halogens is 4. The molecule has 1 amide bonds. The van der Waals surface area contributed by atoms with Crippen LogP contribution in [0.25, 0.3) is 10.7 Å². The number of hydrogen-bond acceptors (Lipinski definition) is 5. The zero-order valence-corrected chi connectivity index (χ0v) is 17.2. The third-order valence-electron chi connectivity index (χ3n) is 3.80. The van der Waals surface area contributed by atoms with Crippen LogP contribution in [0, 0.1) is 4.77 Å². The van der Waals surface area contributed by atoms with Crippen molar-refractivity contribution in [2.24, 2.45) is 0 Å². The van der Waals surface area contributed by atoms with Crippen LogP contribution in [-0.2, 0) is 4.79 Å². The van der Waals surface area contributed by atoms with Crippen LogP contribution < -0.4 is 10.1 Å². The van der Waals surface area contributed by atoms with Gasteiger partial charge in [-0.25, -0.2) is 0 Å². The molecule has 0 aliphatic heterocycles. The number of rotatable bonds is 6. The maximum absolute atomic E-state index is 12.8. The molecule has 3 rings (SSSR count). The third kappa shape index (κ3) is 5.17. The van der Waals surface area contributed by atoms with Crippen LogP contribution in [-0.4, -0.2) is 33.5 Å². The molecule has 0 spiro atoms. The van der Waals surface area contributed by atoms with E-state index in [1.165, 1.54) is 34.1 Å². The smallest absolute Gasteiger partial charge is 0.422 e. The molecule has 12 heteroatoms. The van der Waals surface area contributed by atoms with Gasteiger partial charge in [0.1, 0.15) is 11.8 Å². The highest BCUT2D eigenvalue weighted by molar-refractivity contribution is 7.71. The van der Waals surface area contributed by atoms with Crippen molar-refractivity contribution in [3.63, 3.8) is 0 Å². The Hall–Kier alpha value is -2.37. The standard InChI is InChI=1S/C17H14ClF3N4O2S2/c1-9(25-14(23-24-16(25)28)13-3-2-6-29-13)15(26)22-11-7-10(18)4-5-12(11)27-8-17(19,20)21/h2-7,9H,8H2,1H3,(H,22,26)(H,24,28). The lowest BCUT2D eigenvalue weighted by atomic mass is 10.2. The number of nitrogens with one attached hydrogen (secondary N) is 2. The zero-order chi connectivity index (χ0) is 21.2. The number of benzene rings is 1. The minimum absolute atomic E-state index is 0.0197. The predicted molar refractivity (Wildman–Crippen MR) is 107 cm³/mol. The predicted octanol–water partition coefficient (Wildman–Crippen LogP) is 5.46. The van der Waals surface area contributed by atoms with E-state index in [2.05, 4.69) is 15.5 Å². The minimum Gasteiger partial charge on any atom is -0.482 e. The van der Waals surface area contributed by atoms with Crippen LogP contribution in [0.5, 0.6) is 5.75 Å². The first-order valence-electron chi connectivity index (χ1n) is 8.16. The first-order valence-corrected chi connectivity index (χ1v) is 9.83. The van der Waals surface area contributed by atoms with Crippen LogP contribution in [0.15, 0.2) is 35.7 Å². The number of carbonyl (C=O) groups excluding carboxylic acids is 1. The van der Waals surface area contributed by atoms with Gasteiger partial charge in [-0.3, -0.25) is 14.5 Å². The molecule has 2 heterocycles. The molecule has 1 atom stereocenters. The van der Waals surface area contributed by atoms with Crippen molar-refractivity contribution in [3.8, 4) is 16.5 Å². The second kappa shape index (κ2) is 8.56. The van der Waals surface area contributed by atoms with Gasteiger partial charge in [0.2, 0.25) is 5.91 Å². The Balaban J connectivity index is 1.85. The Labute approximate surface area is 177 Å². The van der Waals surface area contributed by atoms with Gasteiger partial charge in [0.15, 0.2) is 17.2 Å². The fourth-order valence-electron chi connectivity index (χ4n) is 2.48. The van der Waals surface area contributed by atoms with E-state index >= 15 is 0 Å². The van der Waals surface area contributed by atoms with Crippen LogP contribution >= 0.6 is 35.2 Å². The summed E-state index contributed by atoms with van der Waals surface area (Å²) in [6, 6.07) is 6.79. The van der Waals surface area contributed by atoms with E-state index in [1.807, 2.05) is 17.5 Å². The molecule has 29 heavy (non-hydrogen) atoms. The van der Waals surface area contributed by atoms with Gasteiger partial charge in [-0.1, -0.05) is 17.7 Å². The Morgan fingerprint density at radius 3 is 2.86 bits per heavy atom.